The highest BCUT2D eigenvalue weighted by atomic mass is 79.9. The quantitative estimate of drug-likeness (QED) is 0.275. The maximum atomic E-state index is 12.5. The molecule has 0 unspecified atom stereocenters. The smallest absolute Gasteiger partial charge is 0.335 e. The van der Waals surface area contributed by atoms with Gasteiger partial charge in [-0.25, -0.2) is 4.79 Å². The number of ether oxygens (including phenoxy) is 1. The Balaban J connectivity index is 1.64. The summed E-state index contributed by atoms with van der Waals surface area (Å²) in [5.74, 6) is -1.72. The molecule has 176 valence electrons. The summed E-state index contributed by atoms with van der Waals surface area (Å²) >= 11 is 3.37. The van der Waals surface area contributed by atoms with E-state index < -0.39 is 11.9 Å². The standard InChI is InChI=1S/C26H20BrN3O5/c1-16-5-8-20(9-6-16)29-24(31)15-35-23-10-7-17(12-22(23)27)11-19(14-28)25(32)30-21-4-2-3-18(13-21)26(33)34/h2-13H,15H2,1H3,(H,29,31)(H,30,32)(H,33,34)/b19-11-. The summed E-state index contributed by atoms with van der Waals surface area (Å²) in [5, 5.41) is 23.8. The van der Waals surface area contributed by atoms with Gasteiger partial charge in [0.25, 0.3) is 11.8 Å². The summed E-state index contributed by atoms with van der Waals surface area (Å²) in [6.45, 7) is 1.75. The van der Waals surface area contributed by atoms with Gasteiger partial charge in [-0.05, 0) is 77.0 Å². The summed E-state index contributed by atoms with van der Waals surface area (Å²) in [5.41, 5.74) is 2.38. The van der Waals surface area contributed by atoms with Gasteiger partial charge in [0, 0.05) is 11.4 Å². The predicted octanol–water partition coefficient (Wildman–Crippen LogP) is 5.02. The maximum absolute atomic E-state index is 12.5. The molecule has 0 saturated carbocycles. The van der Waals surface area contributed by atoms with Gasteiger partial charge in [-0.1, -0.05) is 29.8 Å². The van der Waals surface area contributed by atoms with Crippen molar-refractivity contribution < 1.29 is 24.2 Å². The van der Waals surface area contributed by atoms with Crippen LogP contribution in [0.25, 0.3) is 6.08 Å². The Bertz CT molecular complexity index is 1340. The molecule has 9 heteroatoms. The van der Waals surface area contributed by atoms with Crippen LogP contribution in [0.3, 0.4) is 0 Å². The molecule has 2 amide bonds. The predicted molar refractivity (Wildman–Crippen MR) is 135 cm³/mol. The van der Waals surface area contributed by atoms with Gasteiger partial charge >= 0.3 is 5.97 Å². The minimum atomic E-state index is -1.13. The molecule has 0 fully saturated rings. The van der Waals surface area contributed by atoms with E-state index in [1.54, 1.807) is 30.3 Å². The number of nitrogens with zero attached hydrogens (tertiary/aromatic N) is 1. The Morgan fingerprint density at radius 2 is 1.77 bits per heavy atom. The molecule has 3 N–H and O–H groups in total. The number of nitrogens with one attached hydrogen (secondary N) is 2. The summed E-state index contributed by atoms with van der Waals surface area (Å²) in [7, 11) is 0. The number of carboxylic acids is 1. The number of aromatic carboxylic acids is 1. The number of amides is 2. The van der Waals surface area contributed by atoms with E-state index in [9.17, 15) is 19.6 Å². The number of halogens is 1. The molecule has 0 atom stereocenters. The minimum Gasteiger partial charge on any atom is -0.483 e. The van der Waals surface area contributed by atoms with Crippen molar-refractivity contribution in [3.8, 4) is 11.8 Å². The lowest BCUT2D eigenvalue weighted by Gasteiger charge is -2.10. The Labute approximate surface area is 210 Å². The van der Waals surface area contributed by atoms with Gasteiger partial charge in [0.05, 0.1) is 10.0 Å². The molecule has 0 aliphatic carbocycles. The van der Waals surface area contributed by atoms with Gasteiger partial charge in [0.2, 0.25) is 0 Å². The second-order valence-electron chi connectivity index (χ2n) is 7.40. The number of rotatable bonds is 8. The molecular weight excluding hydrogens is 514 g/mol. The van der Waals surface area contributed by atoms with Gasteiger partial charge in [0.1, 0.15) is 17.4 Å². The van der Waals surface area contributed by atoms with E-state index in [4.69, 9.17) is 9.84 Å². The number of hydrogen-bond donors (Lipinski definition) is 3. The van der Waals surface area contributed by atoms with Gasteiger partial charge in [-0.15, -0.1) is 0 Å². The molecule has 0 saturated heterocycles. The fourth-order valence-electron chi connectivity index (χ4n) is 2.94. The minimum absolute atomic E-state index is 0.0114. The zero-order valence-corrected chi connectivity index (χ0v) is 20.1. The molecule has 8 nitrogen and oxygen atoms in total. The van der Waals surface area contributed by atoms with E-state index in [1.807, 2.05) is 25.1 Å². The Morgan fingerprint density at radius 3 is 2.43 bits per heavy atom. The van der Waals surface area contributed by atoms with Crippen LogP contribution in [0.5, 0.6) is 5.75 Å². The Kier molecular flexibility index (Phi) is 8.38. The molecule has 0 aliphatic heterocycles. The van der Waals surface area contributed by atoms with Gasteiger partial charge in [0.15, 0.2) is 6.61 Å². The fraction of sp³-hybridized carbons (Fsp3) is 0.0769. The average molecular weight is 534 g/mol. The second-order valence-corrected chi connectivity index (χ2v) is 8.26. The van der Waals surface area contributed by atoms with Crippen molar-refractivity contribution in [1.29, 1.82) is 5.26 Å². The third-order valence-corrected chi connectivity index (χ3v) is 5.31. The molecule has 0 aromatic heterocycles. The lowest BCUT2D eigenvalue weighted by Crippen LogP contribution is -2.20. The average Bonchev–Trinajstić information content (AvgIpc) is 2.83. The van der Waals surface area contributed by atoms with E-state index >= 15 is 0 Å². The Hall–Kier alpha value is -4.42. The number of carbonyl (C=O) groups is 3. The van der Waals surface area contributed by atoms with Crippen molar-refractivity contribution in [3.63, 3.8) is 0 Å². The molecule has 3 aromatic rings. The van der Waals surface area contributed by atoms with Crippen LogP contribution in [0.2, 0.25) is 0 Å². The molecule has 0 bridgehead atoms. The van der Waals surface area contributed by atoms with Crippen molar-refractivity contribution in [2.75, 3.05) is 17.2 Å². The zero-order chi connectivity index (χ0) is 25.4. The fourth-order valence-corrected chi connectivity index (χ4v) is 3.46. The van der Waals surface area contributed by atoms with E-state index in [1.165, 1.54) is 30.3 Å². The summed E-state index contributed by atoms with van der Waals surface area (Å²) in [6, 6.07) is 19.8. The number of anilines is 2. The van der Waals surface area contributed by atoms with Gasteiger partial charge in [-0.3, -0.25) is 9.59 Å². The number of benzene rings is 3. The van der Waals surface area contributed by atoms with Crippen LogP contribution in [-0.2, 0) is 9.59 Å². The summed E-state index contributed by atoms with van der Waals surface area (Å²) in [4.78, 5) is 35.7. The maximum Gasteiger partial charge on any atom is 0.335 e. The highest BCUT2D eigenvalue weighted by Crippen LogP contribution is 2.27. The van der Waals surface area contributed by atoms with Crippen LogP contribution >= 0.6 is 15.9 Å². The first-order valence-electron chi connectivity index (χ1n) is 10.3. The van der Waals surface area contributed by atoms with E-state index in [-0.39, 0.29) is 29.3 Å². The molecule has 0 radical (unpaired) electrons. The molecule has 3 aromatic carbocycles. The highest BCUT2D eigenvalue weighted by Gasteiger charge is 2.12. The molecule has 0 aliphatic rings. The first kappa shape index (κ1) is 25.2. The van der Waals surface area contributed by atoms with Crippen molar-refractivity contribution in [2.24, 2.45) is 0 Å². The van der Waals surface area contributed by atoms with Crippen molar-refractivity contribution >= 4 is 51.2 Å². The Morgan fingerprint density at radius 1 is 1.03 bits per heavy atom. The number of nitriles is 1. The molecule has 0 spiro atoms. The van der Waals surface area contributed by atoms with Crippen LogP contribution in [0.1, 0.15) is 21.5 Å². The number of carbonyl (C=O) groups excluding carboxylic acids is 2. The second kappa shape index (κ2) is 11.6. The van der Waals surface area contributed by atoms with E-state index in [2.05, 4.69) is 26.6 Å². The summed E-state index contributed by atoms with van der Waals surface area (Å²) in [6.07, 6.45) is 1.38. The number of aryl methyl sites for hydroxylation is 1. The van der Waals surface area contributed by atoms with Crippen LogP contribution < -0.4 is 15.4 Å². The third kappa shape index (κ3) is 7.28. The lowest BCUT2D eigenvalue weighted by atomic mass is 10.1. The molecule has 0 heterocycles. The van der Waals surface area contributed by atoms with Crippen LogP contribution in [0.4, 0.5) is 11.4 Å². The number of carboxylic acid groups (broad SMARTS) is 1. The van der Waals surface area contributed by atoms with Crippen LogP contribution in [0.15, 0.2) is 76.8 Å². The van der Waals surface area contributed by atoms with Crippen molar-refractivity contribution in [1.82, 2.24) is 0 Å². The zero-order valence-electron chi connectivity index (χ0n) is 18.5. The third-order valence-electron chi connectivity index (χ3n) is 4.69. The van der Waals surface area contributed by atoms with E-state index in [0.717, 1.165) is 5.56 Å². The molecule has 35 heavy (non-hydrogen) atoms. The first-order chi connectivity index (χ1) is 16.7. The van der Waals surface area contributed by atoms with Crippen molar-refractivity contribution in [3.05, 3.63) is 93.5 Å². The highest BCUT2D eigenvalue weighted by molar-refractivity contribution is 9.10. The lowest BCUT2D eigenvalue weighted by molar-refractivity contribution is -0.118. The molecule has 3 rings (SSSR count). The monoisotopic (exact) mass is 533 g/mol. The largest absolute Gasteiger partial charge is 0.483 e. The summed E-state index contributed by atoms with van der Waals surface area (Å²) < 4.78 is 6.09. The van der Waals surface area contributed by atoms with Crippen molar-refractivity contribution in [2.45, 2.75) is 6.92 Å². The number of hydrogen-bond acceptors (Lipinski definition) is 5. The van der Waals surface area contributed by atoms with Crippen LogP contribution in [0, 0.1) is 18.3 Å². The van der Waals surface area contributed by atoms with Crippen LogP contribution in [-0.4, -0.2) is 29.5 Å². The topological polar surface area (TPSA) is 129 Å². The van der Waals surface area contributed by atoms with Gasteiger partial charge < -0.3 is 20.5 Å². The van der Waals surface area contributed by atoms with E-state index in [0.29, 0.717) is 21.5 Å². The molecular formula is C26H20BrN3O5. The SMILES string of the molecule is Cc1ccc(NC(=O)COc2ccc(/C=C(/C#N)C(=O)Nc3cccc(C(=O)O)c3)cc2Br)cc1. The first-order valence-corrected chi connectivity index (χ1v) is 11.1. The normalized spacial score (nSPS) is 10.7. The van der Waals surface area contributed by atoms with Gasteiger partial charge in [-0.2, -0.15) is 5.26 Å².